The summed E-state index contributed by atoms with van der Waals surface area (Å²) in [6.45, 7) is 2.50. The van der Waals surface area contributed by atoms with E-state index < -0.39 is 0 Å². The van der Waals surface area contributed by atoms with Crippen molar-refractivity contribution in [3.05, 3.63) is 71.2 Å². The lowest BCUT2D eigenvalue weighted by Gasteiger charge is -2.20. The highest BCUT2D eigenvalue weighted by Crippen LogP contribution is 2.33. The van der Waals surface area contributed by atoms with E-state index in [2.05, 4.69) is 9.97 Å². The van der Waals surface area contributed by atoms with Crippen molar-refractivity contribution in [3.8, 4) is 17.0 Å². The maximum atomic E-state index is 13.9. The summed E-state index contributed by atoms with van der Waals surface area (Å²) in [5.41, 5.74) is 4.35. The van der Waals surface area contributed by atoms with Crippen LogP contribution in [0, 0.1) is 12.7 Å². The third kappa shape index (κ3) is 3.71. The highest BCUT2D eigenvalue weighted by molar-refractivity contribution is 7.98. The molecule has 0 amide bonds. The zero-order valence-corrected chi connectivity index (χ0v) is 15.1. The molecule has 0 atom stereocenters. The van der Waals surface area contributed by atoms with E-state index in [0.717, 1.165) is 28.1 Å². The molecule has 0 aliphatic carbocycles. The number of hydrogen-bond acceptors (Lipinski definition) is 5. The lowest BCUT2D eigenvalue weighted by molar-refractivity contribution is -0.0171. The maximum Gasteiger partial charge on any atom is 0.189 e. The van der Waals surface area contributed by atoms with Gasteiger partial charge >= 0.3 is 0 Å². The summed E-state index contributed by atoms with van der Waals surface area (Å²) in [5, 5.41) is 0.661. The molecular weight excluding hydrogens is 351 g/mol. The Kier molecular flexibility index (Phi) is 4.86. The molecule has 0 N–H and O–H groups in total. The first kappa shape index (κ1) is 17.0. The largest absolute Gasteiger partial charge is 0.467 e. The SMILES string of the molecule is Cc1cc(-c2ccccc2)nc(SCc2cc(F)cc3c2OCOC3)n1. The number of aromatic nitrogens is 2. The van der Waals surface area contributed by atoms with Crippen LogP contribution < -0.4 is 4.74 Å². The molecule has 2 aromatic carbocycles. The average molecular weight is 368 g/mol. The van der Waals surface area contributed by atoms with Crippen molar-refractivity contribution in [1.29, 1.82) is 0 Å². The van der Waals surface area contributed by atoms with Gasteiger partial charge in [0, 0.05) is 28.1 Å². The molecule has 1 aliphatic rings. The van der Waals surface area contributed by atoms with Crippen molar-refractivity contribution in [2.24, 2.45) is 0 Å². The molecule has 1 aliphatic heterocycles. The molecular formula is C20H17FN2O2S. The predicted octanol–water partition coefficient (Wildman–Crippen LogP) is 4.75. The maximum absolute atomic E-state index is 13.9. The molecule has 4 nitrogen and oxygen atoms in total. The number of rotatable bonds is 4. The van der Waals surface area contributed by atoms with Gasteiger partial charge in [0.15, 0.2) is 11.9 Å². The molecule has 0 saturated carbocycles. The molecule has 4 rings (SSSR count). The fraction of sp³-hybridized carbons (Fsp3) is 0.200. The fourth-order valence-electron chi connectivity index (χ4n) is 2.87. The summed E-state index contributed by atoms with van der Waals surface area (Å²) in [7, 11) is 0. The molecule has 0 saturated heterocycles. The number of halogens is 1. The van der Waals surface area contributed by atoms with Crippen LogP contribution in [0.4, 0.5) is 4.39 Å². The smallest absolute Gasteiger partial charge is 0.189 e. The Hall–Kier alpha value is -2.44. The van der Waals surface area contributed by atoms with E-state index >= 15 is 0 Å². The molecule has 0 spiro atoms. The van der Waals surface area contributed by atoms with Crippen molar-refractivity contribution in [1.82, 2.24) is 9.97 Å². The normalized spacial score (nSPS) is 13.2. The zero-order valence-electron chi connectivity index (χ0n) is 14.2. The monoisotopic (exact) mass is 368 g/mol. The van der Waals surface area contributed by atoms with Crippen molar-refractivity contribution >= 4 is 11.8 Å². The molecule has 0 fully saturated rings. The van der Waals surface area contributed by atoms with Gasteiger partial charge in [-0.25, -0.2) is 14.4 Å². The van der Waals surface area contributed by atoms with Gasteiger partial charge in [0.2, 0.25) is 0 Å². The molecule has 1 aromatic heterocycles. The van der Waals surface area contributed by atoms with Crippen LogP contribution in [-0.4, -0.2) is 16.8 Å². The van der Waals surface area contributed by atoms with Gasteiger partial charge in [0.25, 0.3) is 0 Å². The van der Waals surface area contributed by atoms with Gasteiger partial charge in [-0.3, -0.25) is 0 Å². The second-order valence-electron chi connectivity index (χ2n) is 6.00. The molecule has 6 heteroatoms. The van der Waals surface area contributed by atoms with E-state index in [1.165, 1.54) is 23.9 Å². The first-order valence-electron chi connectivity index (χ1n) is 8.25. The van der Waals surface area contributed by atoms with E-state index in [4.69, 9.17) is 9.47 Å². The first-order valence-corrected chi connectivity index (χ1v) is 9.23. The van der Waals surface area contributed by atoms with Crippen LogP contribution in [0.5, 0.6) is 5.75 Å². The van der Waals surface area contributed by atoms with Crippen molar-refractivity contribution < 1.29 is 13.9 Å². The van der Waals surface area contributed by atoms with Crippen LogP contribution in [0.2, 0.25) is 0 Å². The summed E-state index contributed by atoms with van der Waals surface area (Å²) in [4.78, 5) is 9.15. The van der Waals surface area contributed by atoms with Gasteiger partial charge in [-0.1, -0.05) is 42.1 Å². The summed E-state index contributed by atoms with van der Waals surface area (Å²) in [6, 6.07) is 14.9. The third-order valence-electron chi connectivity index (χ3n) is 4.01. The van der Waals surface area contributed by atoms with Gasteiger partial charge in [0.1, 0.15) is 11.6 Å². The minimum Gasteiger partial charge on any atom is -0.467 e. The van der Waals surface area contributed by atoms with Gasteiger partial charge in [-0.15, -0.1) is 0 Å². The average Bonchev–Trinajstić information content (AvgIpc) is 2.66. The standard InChI is InChI=1S/C20H17FN2O2S/c1-13-7-18(14-5-3-2-4-6-14)23-20(22-13)26-11-16-9-17(21)8-15-10-24-12-25-19(15)16/h2-9H,10-12H2,1H3. The molecule has 0 unspecified atom stereocenters. The first-order chi connectivity index (χ1) is 12.7. The summed E-state index contributed by atoms with van der Waals surface area (Å²) in [5.74, 6) is 0.947. The fourth-order valence-corrected chi connectivity index (χ4v) is 3.74. The van der Waals surface area contributed by atoms with Gasteiger partial charge < -0.3 is 9.47 Å². The predicted molar refractivity (Wildman–Crippen MR) is 98.5 cm³/mol. The quantitative estimate of drug-likeness (QED) is 0.491. The Morgan fingerprint density at radius 2 is 1.96 bits per heavy atom. The topological polar surface area (TPSA) is 44.2 Å². The number of thioether (sulfide) groups is 1. The second-order valence-corrected chi connectivity index (χ2v) is 6.94. The van der Waals surface area contributed by atoms with Crippen molar-refractivity contribution in [2.75, 3.05) is 6.79 Å². The Bertz CT molecular complexity index is 935. The van der Waals surface area contributed by atoms with Gasteiger partial charge in [0.05, 0.1) is 12.3 Å². The van der Waals surface area contributed by atoms with Crippen LogP contribution in [-0.2, 0) is 17.1 Å². The number of ether oxygens (including phenoxy) is 2. The highest BCUT2D eigenvalue weighted by Gasteiger charge is 2.17. The molecule has 132 valence electrons. The number of hydrogen-bond donors (Lipinski definition) is 0. The zero-order chi connectivity index (χ0) is 17.9. The molecule has 26 heavy (non-hydrogen) atoms. The lowest BCUT2D eigenvalue weighted by atomic mass is 10.1. The number of benzene rings is 2. The Balaban J connectivity index is 1.59. The molecule has 0 bridgehead atoms. The van der Waals surface area contributed by atoms with Crippen molar-refractivity contribution in [3.63, 3.8) is 0 Å². The summed E-state index contributed by atoms with van der Waals surface area (Å²) < 4.78 is 24.7. The lowest BCUT2D eigenvalue weighted by Crippen LogP contribution is -2.13. The van der Waals surface area contributed by atoms with E-state index in [9.17, 15) is 4.39 Å². The van der Waals surface area contributed by atoms with Crippen LogP contribution in [0.25, 0.3) is 11.3 Å². The Morgan fingerprint density at radius 3 is 2.81 bits per heavy atom. The Morgan fingerprint density at radius 1 is 1.12 bits per heavy atom. The van der Waals surface area contributed by atoms with Crippen LogP contribution in [0.1, 0.15) is 16.8 Å². The highest BCUT2D eigenvalue weighted by atomic mass is 32.2. The van der Waals surface area contributed by atoms with E-state index in [0.29, 0.717) is 23.3 Å². The van der Waals surface area contributed by atoms with E-state index in [-0.39, 0.29) is 12.6 Å². The summed E-state index contributed by atoms with van der Waals surface area (Å²) in [6.07, 6.45) is 0. The minimum absolute atomic E-state index is 0.190. The number of nitrogens with zero attached hydrogens (tertiary/aromatic N) is 2. The minimum atomic E-state index is -0.288. The molecule has 3 aromatic rings. The van der Waals surface area contributed by atoms with Crippen molar-refractivity contribution in [2.45, 2.75) is 24.4 Å². The second kappa shape index (κ2) is 7.43. The Labute approximate surface area is 155 Å². The molecule has 2 heterocycles. The van der Waals surface area contributed by atoms with Gasteiger partial charge in [-0.2, -0.15) is 0 Å². The van der Waals surface area contributed by atoms with E-state index in [1.54, 1.807) is 0 Å². The number of fused-ring (bicyclic) bond motifs is 1. The van der Waals surface area contributed by atoms with Crippen LogP contribution in [0.15, 0.2) is 53.7 Å². The third-order valence-corrected chi connectivity index (χ3v) is 4.91. The van der Waals surface area contributed by atoms with Gasteiger partial charge in [-0.05, 0) is 25.1 Å². The van der Waals surface area contributed by atoms with E-state index in [1.807, 2.05) is 43.3 Å². The van der Waals surface area contributed by atoms with Crippen LogP contribution in [0.3, 0.4) is 0 Å². The summed E-state index contributed by atoms with van der Waals surface area (Å²) >= 11 is 1.47. The molecule has 0 radical (unpaired) electrons. The number of aryl methyl sites for hydroxylation is 1. The van der Waals surface area contributed by atoms with Crippen LogP contribution >= 0.6 is 11.8 Å².